The molecule has 6 nitrogen and oxygen atoms in total. The molecule has 0 aromatic carbocycles. The van der Waals surface area contributed by atoms with Crippen LogP contribution in [0.5, 0.6) is 0 Å². The Bertz CT molecular complexity index is 575. The van der Waals surface area contributed by atoms with Crippen molar-refractivity contribution in [1.29, 1.82) is 0 Å². The predicted octanol–water partition coefficient (Wildman–Crippen LogP) is 1.29. The van der Waals surface area contributed by atoms with Crippen molar-refractivity contribution in [2.24, 2.45) is 0 Å². The van der Waals surface area contributed by atoms with Crippen LogP contribution >= 0.6 is 0 Å². The zero-order valence-corrected chi connectivity index (χ0v) is 11.0. The van der Waals surface area contributed by atoms with E-state index < -0.39 is 0 Å². The van der Waals surface area contributed by atoms with E-state index in [0.29, 0.717) is 12.1 Å². The van der Waals surface area contributed by atoms with Crippen LogP contribution < -0.4 is 0 Å². The minimum atomic E-state index is -0.0146. The molecule has 1 unspecified atom stereocenters. The highest BCUT2D eigenvalue weighted by molar-refractivity contribution is 5.93. The summed E-state index contributed by atoms with van der Waals surface area (Å²) in [6.07, 6.45) is 11.7. The Hall–Kier alpha value is -2.37. The van der Waals surface area contributed by atoms with Gasteiger partial charge < -0.3 is 4.90 Å². The van der Waals surface area contributed by atoms with E-state index in [-0.39, 0.29) is 11.8 Å². The summed E-state index contributed by atoms with van der Waals surface area (Å²) >= 11 is 0. The van der Waals surface area contributed by atoms with Gasteiger partial charge in [0, 0.05) is 50.0 Å². The molecule has 1 saturated heterocycles. The smallest absolute Gasteiger partial charge is 0.257 e. The summed E-state index contributed by atoms with van der Waals surface area (Å²) in [5.74, 6) is 0.241. The van der Waals surface area contributed by atoms with E-state index in [4.69, 9.17) is 0 Å². The first-order valence-electron chi connectivity index (χ1n) is 6.65. The summed E-state index contributed by atoms with van der Waals surface area (Å²) < 4.78 is 0. The fourth-order valence-corrected chi connectivity index (χ4v) is 2.52. The molecule has 20 heavy (non-hydrogen) atoms. The van der Waals surface area contributed by atoms with Gasteiger partial charge in [-0.2, -0.15) is 0 Å². The topological polar surface area (TPSA) is 71.9 Å². The summed E-state index contributed by atoms with van der Waals surface area (Å²) in [6, 6.07) is 0. The molecule has 1 aliphatic heterocycles. The molecular formula is C14H15N5O. The van der Waals surface area contributed by atoms with Crippen LogP contribution in [0.4, 0.5) is 0 Å². The Morgan fingerprint density at radius 2 is 2.00 bits per heavy atom. The SMILES string of the molecule is O=C(c1cncnc1)N1CCCC(c2cnccn2)C1. The lowest BCUT2D eigenvalue weighted by molar-refractivity contribution is 0.0705. The quantitative estimate of drug-likeness (QED) is 0.821. The molecule has 3 rings (SSSR count). The molecule has 1 fully saturated rings. The number of amides is 1. The minimum absolute atomic E-state index is 0.0146. The Morgan fingerprint density at radius 1 is 1.15 bits per heavy atom. The van der Waals surface area contributed by atoms with Gasteiger partial charge in [-0.1, -0.05) is 0 Å². The molecule has 102 valence electrons. The van der Waals surface area contributed by atoms with Crippen LogP contribution in [0.2, 0.25) is 0 Å². The first kappa shape index (κ1) is 12.7. The molecule has 3 heterocycles. The van der Waals surface area contributed by atoms with Crippen molar-refractivity contribution in [3.8, 4) is 0 Å². The molecule has 6 heteroatoms. The average molecular weight is 269 g/mol. The Morgan fingerprint density at radius 3 is 2.75 bits per heavy atom. The third kappa shape index (κ3) is 2.64. The highest BCUT2D eigenvalue weighted by Crippen LogP contribution is 2.25. The van der Waals surface area contributed by atoms with Crippen molar-refractivity contribution in [3.05, 3.63) is 48.6 Å². The van der Waals surface area contributed by atoms with Gasteiger partial charge in [-0.25, -0.2) is 9.97 Å². The van der Waals surface area contributed by atoms with Crippen molar-refractivity contribution in [3.63, 3.8) is 0 Å². The van der Waals surface area contributed by atoms with Gasteiger partial charge in [-0.15, -0.1) is 0 Å². The highest BCUT2D eigenvalue weighted by Gasteiger charge is 2.26. The van der Waals surface area contributed by atoms with E-state index in [1.807, 2.05) is 4.90 Å². The molecule has 0 saturated carbocycles. The molecule has 1 atom stereocenters. The lowest BCUT2D eigenvalue weighted by Crippen LogP contribution is -2.39. The predicted molar refractivity (Wildman–Crippen MR) is 71.9 cm³/mol. The van der Waals surface area contributed by atoms with Gasteiger partial charge in [0.1, 0.15) is 6.33 Å². The number of hydrogen-bond donors (Lipinski definition) is 0. The van der Waals surface area contributed by atoms with Gasteiger partial charge in [0.15, 0.2) is 0 Å². The van der Waals surface area contributed by atoms with Crippen LogP contribution in [-0.2, 0) is 0 Å². The standard InChI is InChI=1S/C14H15N5O/c20-14(12-6-16-10-17-7-12)19-5-1-2-11(9-19)13-8-15-3-4-18-13/h3-4,6-8,10-11H,1-2,5,9H2. The molecular weight excluding hydrogens is 254 g/mol. The van der Waals surface area contributed by atoms with Crippen LogP contribution in [0.3, 0.4) is 0 Å². The maximum Gasteiger partial charge on any atom is 0.257 e. The summed E-state index contributed by atoms with van der Waals surface area (Å²) in [7, 11) is 0. The van der Waals surface area contributed by atoms with E-state index in [9.17, 15) is 4.79 Å². The zero-order valence-electron chi connectivity index (χ0n) is 11.0. The Balaban J connectivity index is 1.74. The first-order valence-corrected chi connectivity index (χ1v) is 6.65. The molecule has 0 N–H and O–H groups in total. The van der Waals surface area contributed by atoms with E-state index in [2.05, 4.69) is 19.9 Å². The fourth-order valence-electron chi connectivity index (χ4n) is 2.52. The van der Waals surface area contributed by atoms with Gasteiger partial charge in [0.05, 0.1) is 11.3 Å². The van der Waals surface area contributed by atoms with E-state index in [0.717, 1.165) is 25.1 Å². The summed E-state index contributed by atoms with van der Waals surface area (Å²) in [5, 5.41) is 0. The normalized spacial score (nSPS) is 18.8. The van der Waals surface area contributed by atoms with Crippen molar-refractivity contribution in [2.75, 3.05) is 13.1 Å². The molecule has 1 aliphatic rings. The molecule has 2 aromatic heterocycles. The minimum Gasteiger partial charge on any atom is -0.338 e. The number of carbonyl (C=O) groups is 1. The number of nitrogens with zero attached hydrogens (tertiary/aromatic N) is 5. The Kier molecular flexibility index (Phi) is 3.62. The van der Waals surface area contributed by atoms with Gasteiger partial charge in [0.2, 0.25) is 0 Å². The number of rotatable bonds is 2. The van der Waals surface area contributed by atoms with Gasteiger partial charge in [-0.05, 0) is 12.8 Å². The number of carbonyl (C=O) groups excluding carboxylic acids is 1. The lowest BCUT2D eigenvalue weighted by atomic mass is 9.94. The van der Waals surface area contributed by atoms with E-state index >= 15 is 0 Å². The number of aromatic nitrogens is 4. The molecule has 2 aromatic rings. The zero-order chi connectivity index (χ0) is 13.8. The molecule has 1 amide bonds. The monoisotopic (exact) mass is 269 g/mol. The second-order valence-corrected chi connectivity index (χ2v) is 4.85. The van der Waals surface area contributed by atoms with Gasteiger partial charge in [0.25, 0.3) is 5.91 Å². The average Bonchev–Trinajstić information content (AvgIpc) is 2.56. The second-order valence-electron chi connectivity index (χ2n) is 4.85. The van der Waals surface area contributed by atoms with Crippen molar-refractivity contribution < 1.29 is 4.79 Å². The van der Waals surface area contributed by atoms with Gasteiger partial charge in [-0.3, -0.25) is 14.8 Å². The van der Waals surface area contributed by atoms with Crippen molar-refractivity contribution >= 4 is 5.91 Å². The van der Waals surface area contributed by atoms with Crippen LogP contribution in [0, 0.1) is 0 Å². The van der Waals surface area contributed by atoms with E-state index in [1.165, 1.54) is 6.33 Å². The van der Waals surface area contributed by atoms with Crippen LogP contribution in [-0.4, -0.2) is 43.8 Å². The van der Waals surface area contributed by atoms with Gasteiger partial charge >= 0.3 is 0 Å². The molecule has 0 radical (unpaired) electrons. The maximum atomic E-state index is 12.4. The highest BCUT2D eigenvalue weighted by atomic mass is 16.2. The first-order chi connectivity index (χ1) is 9.84. The third-order valence-corrected chi connectivity index (χ3v) is 3.52. The second kappa shape index (κ2) is 5.73. The number of piperidine rings is 1. The summed E-state index contributed by atoms with van der Waals surface area (Å²) in [6.45, 7) is 1.44. The fraction of sp³-hybridized carbons (Fsp3) is 0.357. The number of hydrogen-bond acceptors (Lipinski definition) is 5. The summed E-state index contributed by atoms with van der Waals surface area (Å²) in [5.41, 5.74) is 1.49. The molecule has 0 aliphatic carbocycles. The maximum absolute atomic E-state index is 12.4. The Labute approximate surface area is 116 Å². The molecule has 0 bridgehead atoms. The summed E-state index contributed by atoms with van der Waals surface area (Å²) in [4.78, 5) is 30.5. The third-order valence-electron chi connectivity index (χ3n) is 3.52. The van der Waals surface area contributed by atoms with Crippen LogP contribution in [0.25, 0.3) is 0 Å². The number of likely N-dealkylation sites (tertiary alicyclic amines) is 1. The largest absolute Gasteiger partial charge is 0.338 e. The lowest BCUT2D eigenvalue weighted by Gasteiger charge is -2.32. The molecule has 0 spiro atoms. The van der Waals surface area contributed by atoms with Crippen molar-refractivity contribution in [2.45, 2.75) is 18.8 Å². The van der Waals surface area contributed by atoms with Crippen molar-refractivity contribution in [1.82, 2.24) is 24.8 Å². The van der Waals surface area contributed by atoms with Crippen LogP contribution in [0.1, 0.15) is 34.8 Å². The van der Waals surface area contributed by atoms with E-state index in [1.54, 1.807) is 31.0 Å². The van der Waals surface area contributed by atoms with Crippen LogP contribution in [0.15, 0.2) is 37.3 Å².